The minimum Gasteiger partial charge on any atom is -0.441 e. The van der Waals surface area contributed by atoms with E-state index in [-0.39, 0.29) is 24.1 Å². The fourth-order valence-corrected chi connectivity index (χ4v) is 2.84. The van der Waals surface area contributed by atoms with Crippen LogP contribution in [-0.2, 0) is 9.53 Å². The summed E-state index contributed by atoms with van der Waals surface area (Å²) in [7, 11) is 0. The molecule has 1 aliphatic rings. The maximum Gasteiger partial charge on any atom is 0.325 e. The van der Waals surface area contributed by atoms with Gasteiger partial charge < -0.3 is 10.1 Å². The van der Waals surface area contributed by atoms with Gasteiger partial charge in [-0.2, -0.15) is 0 Å². The van der Waals surface area contributed by atoms with Crippen molar-refractivity contribution in [2.24, 2.45) is 0 Å². The smallest absolute Gasteiger partial charge is 0.325 e. The van der Waals surface area contributed by atoms with Crippen LogP contribution in [0.25, 0.3) is 0 Å². The third kappa shape index (κ3) is 4.67. The molecule has 0 aliphatic carbocycles. The predicted molar refractivity (Wildman–Crippen MR) is 94.8 cm³/mol. The van der Waals surface area contributed by atoms with Gasteiger partial charge in [0, 0.05) is 17.7 Å². The van der Waals surface area contributed by atoms with Gasteiger partial charge in [0.1, 0.15) is 6.04 Å². The fraction of sp³-hybridized carbons (Fsp3) is 0.300. The predicted octanol–water partition coefficient (Wildman–Crippen LogP) is 2.80. The Bertz CT molecular complexity index is 703. The Hall–Kier alpha value is -2.66. The van der Waals surface area contributed by atoms with E-state index < -0.39 is 0 Å². The minimum atomic E-state index is -0.364. The number of hydrogen-bond acceptors (Lipinski definition) is 4. The van der Waals surface area contributed by atoms with Gasteiger partial charge in [0.25, 0.3) is 5.91 Å². The topological polar surface area (TPSA) is 67.4 Å². The Morgan fingerprint density at radius 3 is 2.40 bits per heavy atom. The van der Waals surface area contributed by atoms with Crippen molar-refractivity contribution in [2.45, 2.75) is 31.5 Å². The van der Waals surface area contributed by atoms with Crippen LogP contribution in [-0.4, -0.2) is 24.5 Å². The molecule has 3 rings (SSSR count). The van der Waals surface area contributed by atoms with Gasteiger partial charge in [-0.05, 0) is 31.4 Å². The van der Waals surface area contributed by atoms with Crippen molar-refractivity contribution in [1.29, 1.82) is 0 Å². The van der Waals surface area contributed by atoms with Crippen LogP contribution in [0.1, 0.15) is 41.4 Å². The van der Waals surface area contributed by atoms with E-state index in [1.807, 2.05) is 48.5 Å². The van der Waals surface area contributed by atoms with Crippen molar-refractivity contribution in [3.05, 3.63) is 71.8 Å². The lowest BCUT2D eigenvalue weighted by Crippen LogP contribution is -2.29. The Balaban J connectivity index is 1.37. The lowest BCUT2D eigenvalue weighted by molar-refractivity contribution is -0.142. The summed E-state index contributed by atoms with van der Waals surface area (Å²) in [5.74, 6) is -0.273. The molecule has 25 heavy (non-hydrogen) atoms. The minimum absolute atomic E-state index is 0.0665. The summed E-state index contributed by atoms with van der Waals surface area (Å²) in [6.45, 7) is 0.595. The highest BCUT2D eigenvalue weighted by molar-refractivity contribution is 5.94. The summed E-state index contributed by atoms with van der Waals surface area (Å²) < 4.78 is 5.39. The first-order chi connectivity index (χ1) is 12.2. The molecule has 1 heterocycles. The molecule has 2 atom stereocenters. The molecule has 1 fully saturated rings. The Morgan fingerprint density at radius 1 is 1.00 bits per heavy atom. The van der Waals surface area contributed by atoms with Crippen molar-refractivity contribution in [2.75, 3.05) is 6.54 Å². The van der Waals surface area contributed by atoms with Crippen LogP contribution in [0.15, 0.2) is 60.7 Å². The zero-order chi connectivity index (χ0) is 17.5. The molecule has 2 unspecified atom stereocenters. The van der Waals surface area contributed by atoms with Gasteiger partial charge >= 0.3 is 5.97 Å². The van der Waals surface area contributed by atoms with Crippen LogP contribution in [0.2, 0.25) is 0 Å². The van der Waals surface area contributed by atoms with E-state index in [0.717, 1.165) is 18.4 Å². The molecule has 5 nitrogen and oxygen atoms in total. The van der Waals surface area contributed by atoms with Crippen LogP contribution in [0.5, 0.6) is 0 Å². The first kappa shape index (κ1) is 17.2. The summed E-state index contributed by atoms with van der Waals surface area (Å²) in [6, 6.07) is 18.5. The number of cyclic esters (lactones) is 1. The molecule has 130 valence electrons. The number of esters is 1. The average molecular weight is 338 g/mol. The van der Waals surface area contributed by atoms with Gasteiger partial charge in [0.05, 0.1) is 0 Å². The number of hydrogen-bond donors (Lipinski definition) is 2. The number of nitrogens with one attached hydrogen (secondary N) is 2. The number of benzene rings is 2. The highest BCUT2D eigenvalue weighted by Gasteiger charge is 2.33. The van der Waals surface area contributed by atoms with E-state index in [1.165, 1.54) is 0 Å². The number of carbonyl (C=O) groups is 2. The number of carbonyl (C=O) groups excluding carboxylic acids is 2. The number of unbranched alkanes of at least 4 members (excludes halogenated alkanes) is 1. The highest BCUT2D eigenvalue weighted by Crippen LogP contribution is 2.23. The molecule has 2 N–H and O–H groups in total. The largest absolute Gasteiger partial charge is 0.441 e. The summed E-state index contributed by atoms with van der Waals surface area (Å²) in [6.07, 6.45) is 1.99. The van der Waals surface area contributed by atoms with E-state index in [4.69, 9.17) is 4.74 Å². The maximum atomic E-state index is 12.0. The molecule has 0 radical (unpaired) electrons. The molecule has 0 bridgehead atoms. The zero-order valence-electron chi connectivity index (χ0n) is 14.0. The van der Waals surface area contributed by atoms with Gasteiger partial charge in [0.2, 0.25) is 0 Å². The molecule has 1 saturated heterocycles. The van der Waals surface area contributed by atoms with Crippen LogP contribution in [0.3, 0.4) is 0 Å². The lowest BCUT2D eigenvalue weighted by Gasteiger charge is -2.10. The zero-order valence-corrected chi connectivity index (χ0v) is 14.0. The van der Waals surface area contributed by atoms with E-state index in [1.54, 1.807) is 12.1 Å². The van der Waals surface area contributed by atoms with E-state index in [9.17, 15) is 9.59 Å². The van der Waals surface area contributed by atoms with Crippen LogP contribution < -0.4 is 10.6 Å². The molecule has 0 saturated carbocycles. The van der Waals surface area contributed by atoms with Crippen LogP contribution >= 0.6 is 0 Å². The van der Waals surface area contributed by atoms with E-state index in [2.05, 4.69) is 10.6 Å². The molecule has 1 aliphatic heterocycles. The number of ether oxygens (including phenoxy) is 1. The molecule has 0 aromatic heterocycles. The van der Waals surface area contributed by atoms with Gasteiger partial charge in [-0.25, -0.2) is 0 Å². The molecule has 0 spiro atoms. The average Bonchev–Trinajstić information content (AvgIpc) is 3.03. The first-order valence-electron chi connectivity index (χ1n) is 8.59. The molecule has 2 aromatic carbocycles. The molecule has 2 aromatic rings. The summed E-state index contributed by atoms with van der Waals surface area (Å²) in [4.78, 5) is 23.9. The highest BCUT2D eigenvalue weighted by atomic mass is 16.6. The van der Waals surface area contributed by atoms with Crippen molar-refractivity contribution in [3.8, 4) is 0 Å². The monoisotopic (exact) mass is 338 g/mol. The Kier molecular flexibility index (Phi) is 5.80. The van der Waals surface area contributed by atoms with Gasteiger partial charge in [-0.15, -0.1) is 0 Å². The molecule has 1 amide bonds. The molecule has 5 heteroatoms. The normalized spacial score (nSPS) is 19.4. The summed E-state index contributed by atoms with van der Waals surface area (Å²) >= 11 is 0. The second kappa shape index (κ2) is 8.44. The number of rotatable bonds is 7. The van der Waals surface area contributed by atoms with E-state index in [0.29, 0.717) is 18.5 Å². The van der Waals surface area contributed by atoms with E-state index >= 15 is 0 Å². The van der Waals surface area contributed by atoms with Gasteiger partial charge in [-0.1, -0.05) is 48.5 Å². The van der Waals surface area contributed by atoms with Gasteiger partial charge in [0.15, 0.2) is 6.23 Å². The Labute approximate surface area is 147 Å². The second-order valence-corrected chi connectivity index (χ2v) is 6.06. The van der Waals surface area contributed by atoms with Crippen LogP contribution in [0, 0.1) is 0 Å². The summed E-state index contributed by atoms with van der Waals surface area (Å²) in [5, 5.41) is 6.12. The van der Waals surface area contributed by atoms with Crippen molar-refractivity contribution in [1.82, 2.24) is 10.6 Å². The molecular formula is C20H22N2O3. The Morgan fingerprint density at radius 2 is 1.68 bits per heavy atom. The third-order valence-corrected chi connectivity index (χ3v) is 4.21. The van der Waals surface area contributed by atoms with Crippen molar-refractivity contribution in [3.63, 3.8) is 0 Å². The molecular weight excluding hydrogens is 316 g/mol. The second-order valence-electron chi connectivity index (χ2n) is 6.06. The van der Waals surface area contributed by atoms with Crippen molar-refractivity contribution >= 4 is 11.9 Å². The third-order valence-electron chi connectivity index (χ3n) is 4.21. The lowest BCUT2D eigenvalue weighted by atomic mass is 10.1. The number of amides is 1. The first-order valence-corrected chi connectivity index (χ1v) is 8.59. The van der Waals surface area contributed by atoms with Crippen molar-refractivity contribution < 1.29 is 14.3 Å². The standard InChI is InChI=1S/C20H22N2O3/c23-18(15-9-3-1-4-10-15)21-14-8-7-13-17-20(24)25-19(22-17)16-11-5-2-6-12-16/h1-6,9-12,17,19,22H,7-8,13-14H2,(H,21,23). The maximum absolute atomic E-state index is 12.0. The quantitative estimate of drug-likeness (QED) is 0.602. The fourth-order valence-electron chi connectivity index (χ4n) is 2.84. The van der Waals surface area contributed by atoms with Crippen LogP contribution in [0.4, 0.5) is 0 Å². The summed E-state index contributed by atoms with van der Waals surface area (Å²) in [5.41, 5.74) is 1.61. The SMILES string of the molecule is O=C(NCCCCC1NC(c2ccccc2)OC1=O)c1ccccc1. The van der Waals surface area contributed by atoms with Gasteiger partial charge in [-0.3, -0.25) is 14.9 Å².